The maximum atomic E-state index is 13.2. The van der Waals surface area contributed by atoms with Gasteiger partial charge < -0.3 is 19.5 Å². The molecule has 2 amide bonds. The van der Waals surface area contributed by atoms with Crippen LogP contribution in [-0.2, 0) is 17.8 Å². The van der Waals surface area contributed by atoms with Gasteiger partial charge in [-0.1, -0.05) is 18.2 Å². The highest BCUT2D eigenvalue weighted by Gasteiger charge is 2.31. The third-order valence-corrected chi connectivity index (χ3v) is 6.22. The Bertz CT molecular complexity index is 912. The van der Waals surface area contributed by atoms with Crippen molar-refractivity contribution >= 4 is 17.5 Å². The van der Waals surface area contributed by atoms with Crippen molar-refractivity contribution in [3.63, 3.8) is 0 Å². The molecule has 2 aliphatic heterocycles. The molecule has 3 heterocycles. The largest absolute Gasteiger partial charge is 0.467 e. The van der Waals surface area contributed by atoms with Gasteiger partial charge in [-0.3, -0.25) is 9.59 Å². The first kappa shape index (κ1) is 20.5. The predicted octanol–water partition coefficient (Wildman–Crippen LogP) is 3.61. The number of hydrogen-bond acceptors (Lipinski definition) is 4. The van der Waals surface area contributed by atoms with Crippen molar-refractivity contribution in [2.24, 2.45) is 5.92 Å². The van der Waals surface area contributed by atoms with E-state index in [2.05, 4.69) is 41.4 Å². The lowest BCUT2D eigenvalue weighted by Crippen LogP contribution is -2.44. The second kappa shape index (κ2) is 8.54. The lowest BCUT2D eigenvalue weighted by Gasteiger charge is -2.32. The van der Waals surface area contributed by atoms with Crippen LogP contribution in [0.1, 0.15) is 55.3 Å². The standard InChI is InChI=1S/C24H31N3O3/c1-16(2)25-23(28)18-8-11-26(12-9-18)24(29)20-10-13-30-22(20)15-27-17(3)14-19-6-4-5-7-21(19)27/h4-7,10,13,16-18H,8-9,11-12,14-15H2,1-3H3,(H,25,28). The van der Waals surface area contributed by atoms with Crippen LogP contribution in [-0.4, -0.2) is 41.9 Å². The molecule has 4 rings (SSSR count). The summed E-state index contributed by atoms with van der Waals surface area (Å²) in [5.41, 5.74) is 3.19. The van der Waals surface area contributed by atoms with E-state index in [0.717, 1.165) is 6.42 Å². The summed E-state index contributed by atoms with van der Waals surface area (Å²) in [7, 11) is 0. The van der Waals surface area contributed by atoms with E-state index in [9.17, 15) is 9.59 Å². The van der Waals surface area contributed by atoms with Gasteiger partial charge >= 0.3 is 0 Å². The Morgan fingerprint density at radius 2 is 1.90 bits per heavy atom. The summed E-state index contributed by atoms with van der Waals surface area (Å²) in [5, 5.41) is 2.98. The van der Waals surface area contributed by atoms with Crippen molar-refractivity contribution in [3.8, 4) is 0 Å². The SMILES string of the molecule is CC(C)NC(=O)C1CCN(C(=O)c2ccoc2CN2c3ccccc3CC2C)CC1. The molecule has 0 bridgehead atoms. The Morgan fingerprint density at radius 1 is 1.17 bits per heavy atom. The molecule has 0 saturated carbocycles. The molecule has 0 radical (unpaired) electrons. The number of piperidine rings is 1. The molecule has 0 spiro atoms. The number of para-hydroxylation sites is 1. The first-order valence-corrected chi connectivity index (χ1v) is 10.9. The van der Waals surface area contributed by atoms with Crippen LogP contribution >= 0.6 is 0 Å². The van der Waals surface area contributed by atoms with E-state index in [4.69, 9.17) is 4.42 Å². The third-order valence-electron chi connectivity index (χ3n) is 6.22. The lowest BCUT2D eigenvalue weighted by molar-refractivity contribution is -0.126. The van der Waals surface area contributed by atoms with Gasteiger partial charge in [0.25, 0.3) is 5.91 Å². The third kappa shape index (κ3) is 4.09. The van der Waals surface area contributed by atoms with Gasteiger partial charge in [-0.2, -0.15) is 0 Å². The van der Waals surface area contributed by atoms with Gasteiger partial charge in [-0.15, -0.1) is 0 Å². The molecule has 6 nitrogen and oxygen atoms in total. The molecule has 1 saturated heterocycles. The predicted molar refractivity (Wildman–Crippen MR) is 116 cm³/mol. The Morgan fingerprint density at radius 3 is 2.63 bits per heavy atom. The van der Waals surface area contributed by atoms with Crippen LogP contribution in [0.3, 0.4) is 0 Å². The van der Waals surface area contributed by atoms with Crippen LogP contribution in [0.25, 0.3) is 0 Å². The van der Waals surface area contributed by atoms with Crippen molar-refractivity contribution in [1.29, 1.82) is 0 Å². The molecule has 1 aromatic heterocycles. The van der Waals surface area contributed by atoms with E-state index in [-0.39, 0.29) is 23.8 Å². The van der Waals surface area contributed by atoms with Crippen molar-refractivity contribution in [3.05, 3.63) is 53.5 Å². The number of carbonyl (C=O) groups is 2. The van der Waals surface area contributed by atoms with Gasteiger partial charge in [0.15, 0.2) is 0 Å². The number of carbonyl (C=O) groups excluding carboxylic acids is 2. The minimum absolute atomic E-state index is 0.00148. The summed E-state index contributed by atoms with van der Waals surface area (Å²) < 4.78 is 5.75. The molecule has 1 fully saturated rings. The fourth-order valence-corrected chi connectivity index (χ4v) is 4.60. The van der Waals surface area contributed by atoms with E-state index in [1.807, 2.05) is 18.7 Å². The highest BCUT2D eigenvalue weighted by Crippen LogP contribution is 2.34. The first-order valence-electron chi connectivity index (χ1n) is 10.9. The Hall–Kier alpha value is -2.76. The number of anilines is 1. The summed E-state index contributed by atoms with van der Waals surface area (Å²) in [6.07, 6.45) is 4.02. The van der Waals surface area contributed by atoms with Crippen LogP contribution in [0, 0.1) is 5.92 Å². The van der Waals surface area contributed by atoms with Crippen LogP contribution in [0.5, 0.6) is 0 Å². The fourth-order valence-electron chi connectivity index (χ4n) is 4.60. The summed E-state index contributed by atoms with van der Waals surface area (Å²) in [4.78, 5) is 29.6. The topological polar surface area (TPSA) is 65.8 Å². The van der Waals surface area contributed by atoms with E-state index in [1.165, 1.54) is 11.3 Å². The van der Waals surface area contributed by atoms with Crippen molar-refractivity contribution in [2.75, 3.05) is 18.0 Å². The smallest absolute Gasteiger partial charge is 0.257 e. The Labute approximate surface area is 178 Å². The van der Waals surface area contributed by atoms with Gasteiger partial charge in [0.2, 0.25) is 5.91 Å². The van der Waals surface area contributed by atoms with Gasteiger partial charge in [-0.05, 0) is 57.7 Å². The summed E-state index contributed by atoms with van der Waals surface area (Å²) in [5.74, 6) is 0.801. The number of rotatable bonds is 5. The lowest BCUT2D eigenvalue weighted by atomic mass is 9.95. The summed E-state index contributed by atoms with van der Waals surface area (Å²) in [6, 6.07) is 10.7. The number of amides is 2. The van der Waals surface area contributed by atoms with E-state index in [1.54, 1.807) is 12.3 Å². The molecule has 160 valence electrons. The molecular weight excluding hydrogens is 378 g/mol. The zero-order valence-corrected chi connectivity index (χ0v) is 18.1. The Kier molecular flexibility index (Phi) is 5.84. The fraction of sp³-hybridized carbons (Fsp3) is 0.500. The number of benzene rings is 1. The Balaban J connectivity index is 1.42. The highest BCUT2D eigenvalue weighted by atomic mass is 16.3. The number of likely N-dealkylation sites (tertiary alicyclic amines) is 1. The van der Waals surface area contributed by atoms with Crippen LogP contribution in [0.2, 0.25) is 0 Å². The zero-order chi connectivity index (χ0) is 21.3. The number of nitrogens with one attached hydrogen (secondary N) is 1. The summed E-state index contributed by atoms with van der Waals surface area (Å²) >= 11 is 0. The molecule has 1 N–H and O–H groups in total. The first-order chi connectivity index (χ1) is 14.4. The minimum atomic E-state index is -0.0118. The number of nitrogens with zero attached hydrogens (tertiary/aromatic N) is 2. The number of fused-ring (bicyclic) bond motifs is 1. The van der Waals surface area contributed by atoms with Crippen LogP contribution in [0.15, 0.2) is 41.0 Å². The van der Waals surface area contributed by atoms with E-state index < -0.39 is 0 Å². The molecule has 2 aromatic rings. The quantitative estimate of drug-likeness (QED) is 0.819. The molecule has 1 atom stereocenters. The van der Waals surface area contributed by atoms with Crippen LogP contribution in [0.4, 0.5) is 5.69 Å². The van der Waals surface area contributed by atoms with E-state index in [0.29, 0.717) is 49.8 Å². The molecule has 1 aromatic carbocycles. The molecule has 6 heteroatoms. The molecule has 2 aliphatic rings. The van der Waals surface area contributed by atoms with Crippen molar-refractivity contribution in [2.45, 2.75) is 58.7 Å². The number of furan rings is 1. The molecule has 30 heavy (non-hydrogen) atoms. The molecular formula is C24H31N3O3. The average molecular weight is 410 g/mol. The second-order valence-electron chi connectivity index (χ2n) is 8.80. The van der Waals surface area contributed by atoms with Gasteiger partial charge in [-0.25, -0.2) is 0 Å². The van der Waals surface area contributed by atoms with E-state index >= 15 is 0 Å². The normalized spacial score (nSPS) is 19.3. The van der Waals surface area contributed by atoms with Crippen molar-refractivity contribution in [1.82, 2.24) is 10.2 Å². The number of hydrogen-bond donors (Lipinski definition) is 1. The van der Waals surface area contributed by atoms with Crippen LogP contribution < -0.4 is 10.2 Å². The van der Waals surface area contributed by atoms with Crippen molar-refractivity contribution < 1.29 is 14.0 Å². The zero-order valence-electron chi connectivity index (χ0n) is 18.1. The summed E-state index contributed by atoms with van der Waals surface area (Å²) in [6.45, 7) is 7.93. The monoisotopic (exact) mass is 409 g/mol. The van der Waals surface area contributed by atoms with Gasteiger partial charge in [0.1, 0.15) is 5.76 Å². The molecule has 0 aliphatic carbocycles. The maximum absolute atomic E-state index is 13.2. The highest BCUT2D eigenvalue weighted by molar-refractivity contribution is 5.95. The minimum Gasteiger partial charge on any atom is -0.467 e. The average Bonchev–Trinajstić information content (AvgIpc) is 3.32. The second-order valence-corrected chi connectivity index (χ2v) is 8.80. The van der Waals surface area contributed by atoms with Gasteiger partial charge in [0, 0.05) is 36.8 Å². The molecule has 1 unspecified atom stereocenters. The van der Waals surface area contributed by atoms with Gasteiger partial charge in [0.05, 0.1) is 18.4 Å². The maximum Gasteiger partial charge on any atom is 0.257 e.